The molecule has 68 heavy (non-hydrogen) atoms. The van der Waals surface area contributed by atoms with E-state index < -0.39 is 5.41 Å². The molecule has 1 aliphatic rings. The van der Waals surface area contributed by atoms with E-state index in [4.69, 9.17) is 4.42 Å². The first kappa shape index (κ1) is 38.7. The van der Waals surface area contributed by atoms with Gasteiger partial charge in [-0.15, -0.1) is 11.3 Å². The third-order valence-electron chi connectivity index (χ3n) is 14.3. The van der Waals surface area contributed by atoms with E-state index in [0.717, 1.165) is 55.7 Å². The van der Waals surface area contributed by atoms with Crippen molar-refractivity contribution in [3.63, 3.8) is 0 Å². The summed E-state index contributed by atoms with van der Waals surface area (Å²) in [4.78, 5) is 2.45. The highest BCUT2D eigenvalue weighted by Crippen LogP contribution is 2.58. The zero-order valence-corrected chi connectivity index (χ0v) is 37.8. The Morgan fingerprint density at radius 1 is 0.368 bits per heavy atom. The van der Waals surface area contributed by atoms with Crippen molar-refractivity contribution in [1.82, 2.24) is 0 Å². The largest absolute Gasteiger partial charge is 0.453 e. The second-order valence-corrected chi connectivity index (χ2v) is 18.9. The van der Waals surface area contributed by atoms with Gasteiger partial charge in [0.25, 0.3) is 0 Å². The maximum Gasteiger partial charge on any atom is 0.159 e. The van der Waals surface area contributed by atoms with Crippen LogP contribution in [0.1, 0.15) is 22.3 Å². The standard InChI is InChI=1S/C65H41NOS/c1-4-20-42(21-5-1)47-27-13-16-35-58(47)66(46-38-39-50-49-29-12-15-34-56(49)65(57(50)41-46,44-23-6-2-7-24-44)45-25-8-3-9-26-45)59-36-19-31-52-55-40-43-22-10-11-28-48(43)61(63(55)67-62(52)59)54-33-18-32-53-51-30-14-17-37-60(51)68-64(53)54/h1-41H. The van der Waals surface area contributed by atoms with Crippen molar-refractivity contribution >= 4 is 81.3 Å². The Morgan fingerprint density at radius 2 is 0.956 bits per heavy atom. The number of para-hydroxylation sites is 2. The Bertz CT molecular complexity index is 4050. The first-order valence-corrected chi connectivity index (χ1v) is 24.1. The Labute approximate surface area is 398 Å². The van der Waals surface area contributed by atoms with Gasteiger partial charge in [-0.1, -0.05) is 212 Å². The third-order valence-corrected chi connectivity index (χ3v) is 15.6. The van der Waals surface area contributed by atoms with Gasteiger partial charge in [0.05, 0.1) is 16.8 Å². The smallest absolute Gasteiger partial charge is 0.159 e. The van der Waals surface area contributed by atoms with Crippen LogP contribution in [0.4, 0.5) is 17.1 Å². The van der Waals surface area contributed by atoms with Crippen molar-refractivity contribution in [1.29, 1.82) is 0 Å². The average Bonchev–Trinajstić information content (AvgIpc) is 4.08. The number of hydrogen-bond acceptors (Lipinski definition) is 3. The molecule has 13 aromatic rings. The van der Waals surface area contributed by atoms with E-state index in [1.165, 1.54) is 69.9 Å². The minimum atomic E-state index is -0.566. The van der Waals surface area contributed by atoms with Crippen LogP contribution >= 0.6 is 11.3 Å². The number of fused-ring (bicyclic) bond motifs is 10. The van der Waals surface area contributed by atoms with Gasteiger partial charge in [0.2, 0.25) is 0 Å². The summed E-state index contributed by atoms with van der Waals surface area (Å²) in [6, 6.07) is 91.1. The van der Waals surface area contributed by atoms with Crippen LogP contribution in [0.25, 0.3) is 86.3 Å². The van der Waals surface area contributed by atoms with Crippen LogP contribution in [0.5, 0.6) is 0 Å². The Kier molecular flexibility index (Phi) is 8.71. The molecule has 318 valence electrons. The van der Waals surface area contributed by atoms with Crippen molar-refractivity contribution in [2.45, 2.75) is 5.41 Å². The highest BCUT2D eigenvalue weighted by molar-refractivity contribution is 7.26. The van der Waals surface area contributed by atoms with Gasteiger partial charge in [-0.3, -0.25) is 0 Å². The van der Waals surface area contributed by atoms with Gasteiger partial charge in [0, 0.05) is 53.3 Å². The summed E-state index contributed by atoms with van der Waals surface area (Å²) in [7, 11) is 0. The highest BCUT2D eigenvalue weighted by atomic mass is 32.1. The molecule has 0 amide bonds. The van der Waals surface area contributed by atoms with Crippen LogP contribution < -0.4 is 4.90 Å². The Balaban J connectivity index is 1.08. The fourth-order valence-corrected chi connectivity index (χ4v) is 12.7. The lowest BCUT2D eigenvalue weighted by atomic mass is 9.67. The number of rotatable bonds is 7. The summed E-state index contributed by atoms with van der Waals surface area (Å²) in [5, 5.41) is 7.09. The molecule has 0 atom stereocenters. The Morgan fingerprint density at radius 3 is 1.76 bits per heavy atom. The summed E-state index contributed by atoms with van der Waals surface area (Å²) in [5.41, 5.74) is 16.3. The monoisotopic (exact) mass is 883 g/mol. The second-order valence-electron chi connectivity index (χ2n) is 17.9. The molecule has 0 aliphatic heterocycles. The molecule has 3 heteroatoms. The molecule has 0 bridgehead atoms. The predicted octanol–water partition coefficient (Wildman–Crippen LogP) is 18.3. The minimum Gasteiger partial charge on any atom is -0.453 e. The quantitative estimate of drug-likeness (QED) is 0.159. The number of benzene rings is 11. The van der Waals surface area contributed by atoms with Crippen LogP contribution in [0.2, 0.25) is 0 Å². The van der Waals surface area contributed by atoms with Crippen molar-refractivity contribution in [2.24, 2.45) is 0 Å². The normalized spacial score (nSPS) is 12.8. The molecule has 0 saturated carbocycles. The molecule has 1 aliphatic carbocycles. The summed E-state index contributed by atoms with van der Waals surface area (Å²) >= 11 is 1.86. The van der Waals surface area contributed by atoms with E-state index in [0.29, 0.717) is 0 Å². The molecule has 14 rings (SSSR count). The predicted molar refractivity (Wildman–Crippen MR) is 287 cm³/mol. The molecule has 0 spiro atoms. The van der Waals surface area contributed by atoms with Gasteiger partial charge >= 0.3 is 0 Å². The zero-order chi connectivity index (χ0) is 44.8. The van der Waals surface area contributed by atoms with Crippen molar-refractivity contribution in [3.05, 3.63) is 271 Å². The van der Waals surface area contributed by atoms with E-state index in [1.807, 2.05) is 11.3 Å². The number of hydrogen-bond donors (Lipinski definition) is 0. The van der Waals surface area contributed by atoms with Crippen LogP contribution in [0.3, 0.4) is 0 Å². The summed E-state index contributed by atoms with van der Waals surface area (Å²) in [5.74, 6) is 0. The van der Waals surface area contributed by atoms with Crippen LogP contribution in [-0.4, -0.2) is 0 Å². The topological polar surface area (TPSA) is 16.4 Å². The van der Waals surface area contributed by atoms with Crippen molar-refractivity contribution in [2.75, 3.05) is 4.90 Å². The maximum absolute atomic E-state index is 7.56. The number of nitrogens with zero attached hydrogens (tertiary/aromatic N) is 1. The van der Waals surface area contributed by atoms with Crippen molar-refractivity contribution in [3.8, 4) is 33.4 Å². The minimum absolute atomic E-state index is 0.566. The van der Waals surface area contributed by atoms with Crippen LogP contribution in [0.15, 0.2) is 253 Å². The molecule has 0 N–H and O–H groups in total. The fraction of sp³-hybridized carbons (Fsp3) is 0.0154. The summed E-state index contributed by atoms with van der Waals surface area (Å²) in [6.45, 7) is 0. The van der Waals surface area contributed by atoms with Gasteiger partial charge < -0.3 is 9.32 Å². The molecular weight excluding hydrogens is 843 g/mol. The van der Waals surface area contributed by atoms with Gasteiger partial charge in [-0.2, -0.15) is 0 Å². The lowest BCUT2D eigenvalue weighted by Gasteiger charge is -2.35. The van der Waals surface area contributed by atoms with E-state index >= 15 is 0 Å². The van der Waals surface area contributed by atoms with Gasteiger partial charge in [0.15, 0.2) is 5.58 Å². The molecule has 2 nitrogen and oxygen atoms in total. The number of furan rings is 1. The summed E-state index contributed by atoms with van der Waals surface area (Å²) < 4.78 is 10.1. The molecule has 2 heterocycles. The lowest BCUT2D eigenvalue weighted by Crippen LogP contribution is -2.28. The van der Waals surface area contributed by atoms with E-state index in [2.05, 4.69) is 254 Å². The first-order valence-electron chi connectivity index (χ1n) is 23.3. The summed E-state index contributed by atoms with van der Waals surface area (Å²) in [6.07, 6.45) is 0. The van der Waals surface area contributed by atoms with Gasteiger partial charge in [-0.25, -0.2) is 0 Å². The molecule has 0 unspecified atom stereocenters. The Hall–Kier alpha value is -8.50. The maximum atomic E-state index is 7.56. The van der Waals surface area contributed by atoms with Gasteiger partial charge in [0.1, 0.15) is 5.58 Å². The van der Waals surface area contributed by atoms with E-state index in [-0.39, 0.29) is 0 Å². The average molecular weight is 884 g/mol. The molecule has 0 saturated heterocycles. The zero-order valence-electron chi connectivity index (χ0n) is 36.9. The van der Waals surface area contributed by atoms with Crippen molar-refractivity contribution < 1.29 is 4.42 Å². The SMILES string of the molecule is c1ccc(-c2ccccc2N(c2ccc3c(c2)C(c2ccccc2)(c2ccccc2)c2ccccc2-3)c2cccc3c2oc2c(-c4cccc5c4sc4ccccc45)c4ccccc4cc23)cc1. The molecule has 11 aromatic carbocycles. The first-order chi connectivity index (χ1) is 33.8. The fourth-order valence-electron chi connectivity index (χ4n) is 11.5. The third kappa shape index (κ3) is 5.63. The second kappa shape index (κ2) is 15.3. The van der Waals surface area contributed by atoms with Crippen LogP contribution in [-0.2, 0) is 5.41 Å². The highest BCUT2D eigenvalue weighted by Gasteiger charge is 2.46. The number of anilines is 3. The molecular formula is C65H41NOS. The van der Waals surface area contributed by atoms with E-state index in [1.54, 1.807) is 0 Å². The van der Waals surface area contributed by atoms with E-state index in [9.17, 15) is 0 Å². The molecule has 2 aromatic heterocycles. The lowest BCUT2D eigenvalue weighted by molar-refractivity contribution is 0.670. The van der Waals surface area contributed by atoms with Crippen LogP contribution in [0, 0.1) is 0 Å². The number of thiophene rings is 1. The molecule has 0 fully saturated rings. The van der Waals surface area contributed by atoms with Gasteiger partial charge in [-0.05, 0) is 86.1 Å². The molecule has 0 radical (unpaired) electrons.